The molecule has 4 aromatic rings. The predicted molar refractivity (Wildman–Crippen MR) is 97.9 cm³/mol. The third kappa shape index (κ3) is 2.92. The van der Waals surface area contributed by atoms with Gasteiger partial charge in [-0.1, -0.05) is 35.5 Å². The Hall–Kier alpha value is -2.24. The highest BCUT2D eigenvalue weighted by Gasteiger charge is 2.09. The number of nitrogens with zero attached hydrogens (tertiary/aromatic N) is 1. The molecule has 2 aromatic heterocycles. The number of benzene rings is 2. The van der Waals surface area contributed by atoms with Crippen LogP contribution in [0.3, 0.4) is 0 Å². The van der Waals surface area contributed by atoms with Gasteiger partial charge < -0.3 is 9.40 Å². The van der Waals surface area contributed by atoms with Gasteiger partial charge in [0.25, 0.3) is 0 Å². The molecule has 0 saturated heterocycles. The van der Waals surface area contributed by atoms with Gasteiger partial charge in [-0.15, -0.1) is 0 Å². The third-order valence-corrected chi connectivity index (χ3v) is 4.93. The van der Waals surface area contributed by atoms with Crippen molar-refractivity contribution in [3.05, 3.63) is 69.0 Å². The Morgan fingerprint density at radius 3 is 2.96 bits per heavy atom. The minimum absolute atomic E-state index is 0.333. The van der Waals surface area contributed by atoms with Crippen LogP contribution in [0.15, 0.2) is 56.8 Å². The molecule has 0 fully saturated rings. The molecule has 0 saturated carbocycles. The van der Waals surface area contributed by atoms with Gasteiger partial charge in [0.15, 0.2) is 5.16 Å². The number of halogens is 1. The number of thioether (sulfide) groups is 1. The number of hydrogen-bond donors (Lipinski definition) is 1. The Bertz CT molecular complexity index is 1120. The van der Waals surface area contributed by atoms with E-state index in [1.807, 2.05) is 43.3 Å². The summed E-state index contributed by atoms with van der Waals surface area (Å²) in [6.45, 7) is 1.97. The van der Waals surface area contributed by atoms with Crippen LogP contribution in [0.25, 0.3) is 22.0 Å². The zero-order valence-corrected chi connectivity index (χ0v) is 14.4. The van der Waals surface area contributed by atoms with Gasteiger partial charge in [0.2, 0.25) is 0 Å². The molecule has 0 bridgehead atoms. The maximum absolute atomic E-state index is 11.8. The minimum Gasteiger partial charge on any atom is -0.423 e. The summed E-state index contributed by atoms with van der Waals surface area (Å²) < 4.78 is 5.29. The second kappa shape index (κ2) is 6.00. The summed E-state index contributed by atoms with van der Waals surface area (Å²) in [5.74, 6) is 0.624. The number of imidazole rings is 1. The Morgan fingerprint density at radius 2 is 2.08 bits per heavy atom. The first kappa shape index (κ1) is 15.3. The molecule has 2 aromatic carbocycles. The number of fused-ring (bicyclic) bond motifs is 2. The average Bonchev–Trinajstić information content (AvgIpc) is 2.94. The minimum atomic E-state index is -0.333. The molecule has 0 aliphatic heterocycles. The number of aromatic amines is 1. The van der Waals surface area contributed by atoms with E-state index < -0.39 is 0 Å². The lowest BCUT2D eigenvalue weighted by Crippen LogP contribution is -2.00. The lowest BCUT2D eigenvalue weighted by Gasteiger charge is -2.04. The first-order chi connectivity index (χ1) is 11.6. The number of hydrogen-bond acceptors (Lipinski definition) is 4. The smallest absolute Gasteiger partial charge is 0.336 e. The van der Waals surface area contributed by atoms with E-state index in [9.17, 15) is 4.79 Å². The first-order valence-corrected chi connectivity index (χ1v) is 8.76. The number of nitrogens with one attached hydrogen (secondary N) is 1. The molecule has 0 aliphatic carbocycles. The molecular formula is C18H13ClN2O2S. The molecule has 0 aliphatic rings. The van der Waals surface area contributed by atoms with Crippen LogP contribution in [-0.2, 0) is 5.75 Å². The summed E-state index contributed by atoms with van der Waals surface area (Å²) in [6.07, 6.45) is 0. The predicted octanol–water partition coefficient (Wildman–Crippen LogP) is 4.92. The van der Waals surface area contributed by atoms with Gasteiger partial charge in [-0.3, -0.25) is 0 Å². The zero-order chi connectivity index (χ0) is 16.7. The van der Waals surface area contributed by atoms with Crippen molar-refractivity contribution in [1.29, 1.82) is 0 Å². The van der Waals surface area contributed by atoms with Crippen molar-refractivity contribution in [1.82, 2.24) is 9.97 Å². The van der Waals surface area contributed by atoms with Crippen molar-refractivity contribution >= 4 is 45.4 Å². The molecule has 0 spiro atoms. The van der Waals surface area contributed by atoms with Gasteiger partial charge in [0.1, 0.15) is 5.58 Å². The number of aromatic nitrogens is 2. The Morgan fingerprint density at radius 1 is 1.21 bits per heavy atom. The maximum Gasteiger partial charge on any atom is 0.336 e. The van der Waals surface area contributed by atoms with Gasteiger partial charge in [0.05, 0.1) is 11.0 Å². The maximum atomic E-state index is 11.8. The summed E-state index contributed by atoms with van der Waals surface area (Å²) in [7, 11) is 0. The Balaban J connectivity index is 1.67. The van der Waals surface area contributed by atoms with Crippen LogP contribution in [0, 0.1) is 6.92 Å². The summed E-state index contributed by atoms with van der Waals surface area (Å²) in [6, 6.07) is 13.0. The van der Waals surface area contributed by atoms with Crippen molar-refractivity contribution in [3.8, 4) is 0 Å². The molecule has 24 heavy (non-hydrogen) atoms. The molecule has 0 radical (unpaired) electrons. The average molecular weight is 357 g/mol. The largest absolute Gasteiger partial charge is 0.423 e. The van der Waals surface area contributed by atoms with Crippen LogP contribution in [0.1, 0.15) is 11.1 Å². The van der Waals surface area contributed by atoms with Crippen LogP contribution < -0.4 is 5.63 Å². The highest BCUT2D eigenvalue weighted by Crippen LogP contribution is 2.27. The molecule has 6 heteroatoms. The van der Waals surface area contributed by atoms with E-state index in [-0.39, 0.29) is 5.63 Å². The first-order valence-electron chi connectivity index (χ1n) is 7.40. The van der Waals surface area contributed by atoms with E-state index in [0.29, 0.717) is 16.4 Å². The van der Waals surface area contributed by atoms with E-state index in [4.69, 9.17) is 16.0 Å². The van der Waals surface area contributed by atoms with Crippen LogP contribution in [0.4, 0.5) is 0 Å². The molecule has 1 N–H and O–H groups in total. The monoisotopic (exact) mass is 356 g/mol. The van der Waals surface area contributed by atoms with Crippen LogP contribution in [0.5, 0.6) is 0 Å². The molecule has 4 rings (SSSR count). The van der Waals surface area contributed by atoms with E-state index >= 15 is 0 Å². The topological polar surface area (TPSA) is 58.9 Å². The fourth-order valence-corrected chi connectivity index (χ4v) is 3.68. The SMILES string of the molecule is Cc1ccc2c(CSc3nc4ccc(Cl)cc4[nH]3)cc(=O)oc2c1. The standard InChI is InChI=1S/C18H13ClN2O2S/c1-10-2-4-13-11(7-17(22)23-16(13)6-10)9-24-18-20-14-5-3-12(19)8-15(14)21-18/h2-8H,9H2,1H3,(H,20,21). The van der Waals surface area contributed by atoms with Gasteiger partial charge >= 0.3 is 5.63 Å². The number of aryl methyl sites for hydroxylation is 1. The van der Waals surface area contributed by atoms with Gasteiger partial charge in [0, 0.05) is 22.2 Å². The van der Waals surface area contributed by atoms with Crippen molar-refractivity contribution < 1.29 is 4.42 Å². The molecule has 0 unspecified atom stereocenters. The fraction of sp³-hybridized carbons (Fsp3) is 0.111. The van der Waals surface area contributed by atoms with E-state index in [0.717, 1.165) is 32.7 Å². The van der Waals surface area contributed by atoms with E-state index in [1.165, 1.54) is 0 Å². The lowest BCUT2D eigenvalue weighted by atomic mass is 10.1. The normalized spacial score (nSPS) is 11.4. The summed E-state index contributed by atoms with van der Waals surface area (Å²) in [5, 5.41) is 2.41. The van der Waals surface area contributed by atoms with Gasteiger partial charge in [-0.25, -0.2) is 9.78 Å². The van der Waals surface area contributed by atoms with E-state index in [1.54, 1.807) is 17.8 Å². The van der Waals surface area contributed by atoms with Crippen LogP contribution in [-0.4, -0.2) is 9.97 Å². The summed E-state index contributed by atoms with van der Waals surface area (Å²) >= 11 is 7.54. The van der Waals surface area contributed by atoms with Crippen molar-refractivity contribution in [3.63, 3.8) is 0 Å². The zero-order valence-electron chi connectivity index (χ0n) is 12.8. The second-order valence-electron chi connectivity index (χ2n) is 5.58. The quantitative estimate of drug-likeness (QED) is 0.418. The van der Waals surface area contributed by atoms with Crippen LogP contribution >= 0.6 is 23.4 Å². The lowest BCUT2D eigenvalue weighted by molar-refractivity contribution is 0.559. The summed E-state index contributed by atoms with van der Waals surface area (Å²) in [4.78, 5) is 19.6. The molecule has 2 heterocycles. The Labute approximate surface area is 146 Å². The van der Waals surface area contributed by atoms with Crippen molar-refractivity contribution in [2.75, 3.05) is 0 Å². The van der Waals surface area contributed by atoms with Crippen LogP contribution in [0.2, 0.25) is 5.02 Å². The molecule has 4 nitrogen and oxygen atoms in total. The number of rotatable bonds is 3. The van der Waals surface area contributed by atoms with Gasteiger partial charge in [-0.05, 0) is 42.3 Å². The van der Waals surface area contributed by atoms with E-state index in [2.05, 4.69) is 9.97 Å². The van der Waals surface area contributed by atoms with Crippen molar-refractivity contribution in [2.45, 2.75) is 17.8 Å². The summed E-state index contributed by atoms with van der Waals surface area (Å²) in [5.41, 5.74) is 4.05. The Kier molecular flexibility index (Phi) is 3.82. The molecule has 0 amide bonds. The molecule has 120 valence electrons. The second-order valence-corrected chi connectivity index (χ2v) is 6.98. The van der Waals surface area contributed by atoms with Gasteiger partial charge in [-0.2, -0.15) is 0 Å². The molecule has 0 atom stereocenters. The molecular weight excluding hydrogens is 344 g/mol. The van der Waals surface area contributed by atoms with Crippen molar-refractivity contribution in [2.24, 2.45) is 0 Å². The highest BCUT2D eigenvalue weighted by molar-refractivity contribution is 7.98. The number of H-pyrrole nitrogens is 1. The third-order valence-electron chi connectivity index (χ3n) is 3.77. The fourth-order valence-electron chi connectivity index (χ4n) is 2.63. The highest BCUT2D eigenvalue weighted by atomic mass is 35.5.